The highest BCUT2D eigenvalue weighted by Gasteiger charge is 2.35. The zero-order valence-corrected chi connectivity index (χ0v) is 14.6. The molecule has 2 unspecified atom stereocenters. The molecule has 1 amide bonds. The summed E-state index contributed by atoms with van der Waals surface area (Å²) in [5, 5.41) is 10.1. The van der Waals surface area contributed by atoms with Crippen LogP contribution in [-0.4, -0.2) is 34.5 Å². The molecule has 1 fully saturated rings. The van der Waals surface area contributed by atoms with E-state index in [4.69, 9.17) is 4.42 Å². The molecule has 122 valence electrons. The summed E-state index contributed by atoms with van der Waals surface area (Å²) in [5.74, 6) is -1.28. The van der Waals surface area contributed by atoms with Crippen molar-refractivity contribution in [2.75, 3.05) is 6.54 Å². The topological polar surface area (TPSA) is 70.8 Å². The van der Waals surface area contributed by atoms with Crippen LogP contribution in [0.2, 0.25) is 0 Å². The van der Waals surface area contributed by atoms with Crippen LogP contribution in [0, 0.1) is 12.8 Å². The van der Waals surface area contributed by atoms with E-state index in [1.807, 2.05) is 32.0 Å². The minimum atomic E-state index is -0.847. The van der Waals surface area contributed by atoms with Crippen molar-refractivity contribution in [1.82, 2.24) is 4.90 Å². The van der Waals surface area contributed by atoms with Gasteiger partial charge in [0.25, 0.3) is 5.91 Å². The first-order valence-electron chi connectivity index (χ1n) is 7.61. The van der Waals surface area contributed by atoms with Gasteiger partial charge in [-0.1, -0.05) is 15.9 Å². The van der Waals surface area contributed by atoms with Gasteiger partial charge in [-0.25, -0.2) is 0 Å². The quantitative estimate of drug-likeness (QED) is 0.860. The summed E-state index contributed by atoms with van der Waals surface area (Å²) in [7, 11) is 0. The third-order valence-electron chi connectivity index (χ3n) is 4.58. The largest absolute Gasteiger partial charge is 0.481 e. The Balaban J connectivity index is 1.96. The Morgan fingerprint density at radius 1 is 1.35 bits per heavy atom. The Hall–Kier alpha value is -1.82. The van der Waals surface area contributed by atoms with Crippen LogP contribution in [0.3, 0.4) is 0 Å². The molecule has 6 heteroatoms. The maximum absolute atomic E-state index is 12.9. The molecule has 0 radical (unpaired) electrons. The van der Waals surface area contributed by atoms with Crippen LogP contribution in [0.15, 0.2) is 27.1 Å². The third-order valence-corrected chi connectivity index (χ3v) is 5.08. The summed E-state index contributed by atoms with van der Waals surface area (Å²) in [6.07, 6.45) is 1.29. The second-order valence-electron chi connectivity index (χ2n) is 6.12. The maximum atomic E-state index is 12.9. The summed E-state index contributed by atoms with van der Waals surface area (Å²) < 4.78 is 6.67. The summed E-state index contributed by atoms with van der Waals surface area (Å²) >= 11 is 3.42. The van der Waals surface area contributed by atoms with Crippen molar-refractivity contribution < 1.29 is 19.1 Å². The number of hydrogen-bond acceptors (Lipinski definition) is 3. The number of aryl methyl sites for hydroxylation is 1. The van der Waals surface area contributed by atoms with Crippen LogP contribution in [0.4, 0.5) is 0 Å². The maximum Gasteiger partial charge on any atom is 0.308 e. The zero-order valence-electron chi connectivity index (χ0n) is 13.0. The molecule has 1 aliphatic rings. The minimum absolute atomic E-state index is 0.0115. The van der Waals surface area contributed by atoms with Crippen LogP contribution < -0.4 is 0 Å². The highest BCUT2D eigenvalue weighted by molar-refractivity contribution is 9.10. The number of nitrogens with zero attached hydrogens (tertiary/aromatic N) is 1. The molecule has 1 aromatic heterocycles. The Morgan fingerprint density at radius 2 is 2.09 bits per heavy atom. The number of amides is 1. The van der Waals surface area contributed by atoms with Gasteiger partial charge >= 0.3 is 5.97 Å². The molecular formula is C17H18BrNO4. The Labute approximate surface area is 142 Å². The molecule has 2 atom stereocenters. The van der Waals surface area contributed by atoms with Crippen molar-refractivity contribution >= 4 is 38.8 Å². The normalized spacial score (nSPS) is 21.6. The van der Waals surface area contributed by atoms with Crippen molar-refractivity contribution in [1.29, 1.82) is 0 Å². The lowest BCUT2D eigenvalue weighted by Crippen LogP contribution is -2.47. The predicted molar refractivity (Wildman–Crippen MR) is 89.5 cm³/mol. The summed E-state index contributed by atoms with van der Waals surface area (Å²) in [6, 6.07) is 5.62. The van der Waals surface area contributed by atoms with E-state index < -0.39 is 11.9 Å². The first kappa shape index (κ1) is 16.1. The lowest BCUT2D eigenvalue weighted by molar-refractivity contribution is -0.143. The van der Waals surface area contributed by atoms with Gasteiger partial charge in [-0.2, -0.15) is 0 Å². The van der Waals surface area contributed by atoms with Crippen molar-refractivity contribution in [3.63, 3.8) is 0 Å². The number of aliphatic carboxylic acids is 1. The number of furan rings is 1. The molecule has 1 aliphatic heterocycles. The van der Waals surface area contributed by atoms with Gasteiger partial charge < -0.3 is 14.4 Å². The van der Waals surface area contributed by atoms with E-state index in [1.54, 1.807) is 4.90 Å². The Morgan fingerprint density at radius 3 is 2.78 bits per heavy atom. The van der Waals surface area contributed by atoms with Crippen LogP contribution in [0.25, 0.3) is 11.0 Å². The zero-order chi connectivity index (χ0) is 16.7. The van der Waals surface area contributed by atoms with Gasteiger partial charge in [0.15, 0.2) is 5.76 Å². The van der Waals surface area contributed by atoms with Gasteiger partial charge in [-0.15, -0.1) is 0 Å². The van der Waals surface area contributed by atoms with E-state index in [1.165, 1.54) is 0 Å². The number of carboxylic acids is 1. The fourth-order valence-corrected chi connectivity index (χ4v) is 3.48. The van der Waals surface area contributed by atoms with Gasteiger partial charge in [0.2, 0.25) is 0 Å². The Kier molecular flexibility index (Phi) is 4.19. The van der Waals surface area contributed by atoms with Gasteiger partial charge in [-0.05, 0) is 44.9 Å². The summed E-state index contributed by atoms with van der Waals surface area (Å²) in [5.41, 5.74) is 1.45. The molecule has 0 spiro atoms. The number of benzene rings is 1. The summed E-state index contributed by atoms with van der Waals surface area (Å²) in [4.78, 5) is 25.8. The van der Waals surface area contributed by atoms with E-state index in [2.05, 4.69) is 15.9 Å². The standard InChI is InChI=1S/C17H18BrNO4/c1-9-3-4-11(17(21)22)8-19(9)16(20)15-10(2)13-7-12(18)5-6-14(13)23-15/h5-7,9,11H,3-4,8H2,1-2H3,(H,21,22). The van der Waals surface area contributed by atoms with Gasteiger partial charge in [0.05, 0.1) is 5.92 Å². The molecule has 0 saturated carbocycles. The monoisotopic (exact) mass is 379 g/mol. The van der Waals surface area contributed by atoms with Crippen molar-refractivity contribution in [2.45, 2.75) is 32.7 Å². The number of carbonyl (C=O) groups is 2. The molecule has 0 aliphatic carbocycles. The van der Waals surface area contributed by atoms with E-state index in [0.29, 0.717) is 24.2 Å². The fraction of sp³-hybridized carbons (Fsp3) is 0.412. The SMILES string of the molecule is Cc1c(C(=O)N2CC(C(=O)O)CCC2C)oc2ccc(Br)cc12. The molecular weight excluding hydrogens is 362 g/mol. The Bertz CT molecular complexity index is 782. The lowest BCUT2D eigenvalue weighted by atomic mass is 9.93. The number of carboxylic acid groups (broad SMARTS) is 1. The smallest absolute Gasteiger partial charge is 0.308 e. The molecule has 2 aromatic rings. The average molecular weight is 380 g/mol. The second kappa shape index (κ2) is 6.00. The number of likely N-dealkylation sites (tertiary alicyclic amines) is 1. The second-order valence-corrected chi connectivity index (χ2v) is 7.03. The average Bonchev–Trinajstić information content (AvgIpc) is 2.83. The molecule has 1 N–H and O–H groups in total. The van der Waals surface area contributed by atoms with Crippen molar-refractivity contribution in [2.24, 2.45) is 5.92 Å². The highest BCUT2D eigenvalue weighted by atomic mass is 79.9. The fourth-order valence-electron chi connectivity index (χ4n) is 3.12. The first-order valence-corrected chi connectivity index (χ1v) is 8.40. The number of rotatable bonds is 2. The van der Waals surface area contributed by atoms with Gasteiger partial charge in [0, 0.05) is 28.0 Å². The van der Waals surface area contributed by atoms with Crippen LogP contribution in [-0.2, 0) is 4.79 Å². The first-order chi connectivity index (χ1) is 10.9. The molecule has 1 saturated heterocycles. The number of carbonyl (C=O) groups excluding carboxylic acids is 1. The molecule has 1 aromatic carbocycles. The van der Waals surface area contributed by atoms with E-state index >= 15 is 0 Å². The van der Waals surface area contributed by atoms with Crippen molar-refractivity contribution in [3.05, 3.63) is 34.0 Å². The number of halogens is 1. The van der Waals surface area contributed by atoms with Crippen molar-refractivity contribution in [3.8, 4) is 0 Å². The van der Waals surface area contributed by atoms with Crippen LogP contribution in [0.5, 0.6) is 0 Å². The predicted octanol–water partition coefficient (Wildman–Crippen LogP) is 3.83. The number of piperidine rings is 1. The lowest BCUT2D eigenvalue weighted by Gasteiger charge is -2.36. The van der Waals surface area contributed by atoms with Gasteiger partial charge in [-0.3, -0.25) is 9.59 Å². The molecule has 23 heavy (non-hydrogen) atoms. The number of hydrogen-bond donors (Lipinski definition) is 1. The van der Waals surface area contributed by atoms with Crippen LogP contribution in [0.1, 0.15) is 35.9 Å². The minimum Gasteiger partial charge on any atom is -0.481 e. The summed E-state index contributed by atoms with van der Waals surface area (Å²) in [6.45, 7) is 4.04. The van der Waals surface area contributed by atoms with Gasteiger partial charge in [0.1, 0.15) is 5.58 Å². The highest BCUT2D eigenvalue weighted by Crippen LogP contribution is 2.31. The van der Waals surface area contributed by atoms with Crippen LogP contribution >= 0.6 is 15.9 Å². The van der Waals surface area contributed by atoms with E-state index in [0.717, 1.165) is 15.4 Å². The molecule has 5 nitrogen and oxygen atoms in total. The number of fused-ring (bicyclic) bond motifs is 1. The molecule has 2 heterocycles. The van der Waals surface area contributed by atoms with E-state index in [-0.39, 0.29) is 18.5 Å². The van der Waals surface area contributed by atoms with E-state index in [9.17, 15) is 14.7 Å². The molecule has 0 bridgehead atoms. The third kappa shape index (κ3) is 2.87. The molecule has 3 rings (SSSR count).